The van der Waals surface area contributed by atoms with Crippen molar-refractivity contribution in [3.05, 3.63) is 102 Å². The summed E-state index contributed by atoms with van der Waals surface area (Å²) in [6.45, 7) is 14.3. The van der Waals surface area contributed by atoms with E-state index in [-0.39, 0.29) is 29.2 Å². The third-order valence-corrected chi connectivity index (χ3v) is 8.67. The molecular formula is C34H39F7N4O3S. The number of hydrogen-bond acceptors (Lipinski definition) is 5. The summed E-state index contributed by atoms with van der Waals surface area (Å²) in [5.41, 5.74) is -1.51. The van der Waals surface area contributed by atoms with Crippen LogP contribution >= 0.6 is 0 Å². The average Bonchev–Trinajstić information content (AvgIpc) is 3.41. The van der Waals surface area contributed by atoms with Gasteiger partial charge in [0.25, 0.3) is 0 Å². The van der Waals surface area contributed by atoms with Crippen LogP contribution in [0.25, 0.3) is 11.2 Å². The highest BCUT2D eigenvalue weighted by atomic mass is 32.2. The first kappa shape index (κ1) is 42.6. The van der Waals surface area contributed by atoms with Crippen LogP contribution in [-0.4, -0.2) is 46.7 Å². The van der Waals surface area contributed by atoms with Crippen LogP contribution in [0.3, 0.4) is 0 Å². The number of imidazole rings is 1. The highest BCUT2D eigenvalue weighted by Crippen LogP contribution is 2.35. The lowest BCUT2D eigenvalue weighted by Crippen LogP contribution is -2.39. The van der Waals surface area contributed by atoms with E-state index in [1.165, 1.54) is 31.4 Å². The molecule has 0 saturated carbocycles. The number of hydrogen-bond donors (Lipinski definition) is 0. The first-order valence-electron chi connectivity index (χ1n) is 14.9. The maximum absolute atomic E-state index is 13.8. The van der Waals surface area contributed by atoms with E-state index >= 15 is 0 Å². The zero-order valence-corrected chi connectivity index (χ0v) is 28.6. The summed E-state index contributed by atoms with van der Waals surface area (Å²) in [5, 5.41) is 7.32. The third-order valence-electron chi connectivity index (χ3n) is 6.99. The molecule has 49 heavy (non-hydrogen) atoms. The van der Waals surface area contributed by atoms with Gasteiger partial charge in [0, 0.05) is 25.4 Å². The molecule has 0 bridgehead atoms. The monoisotopic (exact) mass is 716 g/mol. The van der Waals surface area contributed by atoms with Crippen molar-refractivity contribution in [2.45, 2.75) is 65.9 Å². The van der Waals surface area contributed by atoms with Crippen LogP contribution in [0.1, 0.15) is 75.2 Å². The fourth-order valence-corrected chi connectivity index (χ4v) is 5.33. The molecule has 7 nitrogen and oxygen atoms in total. The summed E-state index contributed by atoms with van der Waals surface area (Å²) < 4.78 is 120. The Kier molecular flexibility index (Phi) is 15.9. The predicted molar refractivity (Wildman–Crippen MR) is 175 cm³/mol. The zero-order valence-electron chi connectivity index (χ0n) is 27.8. The fourth-order valence-electron chi connectivity index (χ4n) is 4.56. The first-order valence-corrected chi connectivity index (χ1v) is 16.7. The molecule has 0 aliphatic carbocycles. The minimum absolute atomic E-state index is 0.0625. The molecule has 15 heteroatoms. The molecule has 0 radical (unpaired) electrons. The van der Waals surface area contributed by atoms with Gasteiger partial charge in [-0.2, -0.15) is 31.6 Å². The summed E-state index contributed by atoms with van der Waals surface area (Å²) >= 11 is 0. The van der Waals surface area contributed by atoms with Crippen molar-refractivity contribution in [3.63, 3.8) is 0 Å². The molecule has 0 aliphatic heterocycles. The summed E-state index contributed by atoms with van der Waals surface area (Å²) in [5.74, 6) is -2.98. The van der Waals surface area contributed by atoms with Gasteiger partial charge in [-0.05, 0) is 55.7 Å². The number of carbonyl (C=O) groups is 1. The largest absolute Gasteiger partial charge is 0.419 e. The van der Waals surface area contributed by atoms with Crippen molar-refractivity contribution in [2.24, 2.45) is 0 Å². The van der Waals surface area contributed by atoms with E-state index in [1.54, 1.807) is 25.1 Å². The molecule has 0 spiro atoms. The minimum Gasteiger partial charge on any atom is -0.333 e. The molecule has 1 amide bonds. The summed E-state index contributed by atoms with van der Waals surface area (Å²) in [4.78, 5) is 19.1. The Morgan fingerprint density at radius 1 is 1.08 bits per heavy atom. The standard InChI is InChI=1S/C28H30F7N3O3S.C4H6.C2H3N/c1-5-7-17(3)26-25(36-23-16-20(27(30,31)32)10-11-38(23)26)18(4)37(12-13-42(40,41)6-2)24(39)15-19-8-9-22(29)21(14-19)28(33,34)35;1-3-4-2;1-2-3/h7-11,14,16,18H,5-6,12-13,15H2,1-4H3;3-4H,1-2H2;1H3/b17-7+;;. The number of benzene rings is 1. The van der Waals surface area contributed by atoms with Crippen LogP contribution in [0.5, 0.6) is 0 Å². The smallest absolute Gasteiger partial charge is 0.333 e. The summed E-state index contributed by atoms with van der Waals surface area (Å²) in [6.07, 6.45) is -3.41. The summed E-state index contributed by atoms with van der Waals surface area (Å²) in [6, 6.07) is 4.62. The Labute approximate surface area is 282 Å². The highest BCUT2D eigenvalue weighted by molar-refractivity contribution is 7.91. The van der Waals surface area contributed by atoms with Crippen LogP contribution in [-0.2, 0) is 33.4 Å². The minimum atomic E-state index is -5.00. The molecule has 3 aromatic rings. The van der Waals surface area contributed by atoms with Crippen molar-refractivity contribution < 1.29 is 43.9 Å². The van der Waals surface area contributed by atoms with Gasteiger partial charge in [0.1, 0.15) is 11.5 Å². The van der Waals surface area contributed by atoms with Crippen molar-refractivity contribution in [1.29, 1.82) is 5.26 Å². The molecule has 3 rings (SSSR count). The molecule has 268 valence electrons. The van der Waals surface area contributed by atoms with E-state index in [0.29, 0.717) is 29.8 Å². The van der Waals surface area contributed by atoms with Crippen LogP contribution in [0.4, 0.5) is 30.7 Å². The van der Waals surface area contributed by atoms with Gasteiger partial charge < -0.3 is 4.90 Å². The number of halogens is 7. The van der Waals surface area contributed by atoms with Gasteiger partial charge in [-0.1, -0.05) is 51.3 Å². The zero-order chi connectivity index (χ0) is 37.7. The van der Waals surface area contributed by atoms with Crippen molar-refractivity contribution in [1.82, 2.24) is 14.3 Å². The van der Waals surface area contributed by atoms with E-state index in [9.17, 15) is 43.9 Å². The topological polar surface area (TPSA) is 95.5 Å². The van der Waals surface area contributed by atoms with E-state index in [4.69, 9.17) is 5.26 Å². The molecule has 1 unspecified atom stereocenters. The Hall–Kier alpha value is -4.45. The lowest BCUT2D eigenvalue weighted by molar-refractivity contribution is -0.140. The van der Waals surface area contributed by atoms with Gasteiger partial charge in [-0.15, -0.1) is 0 Å². The maximum atomic E-state index is 13.8. The molecule has 0 aliphatic rings. The first-order chi connectivity index (χ1) is 22.7. The predicted octanol–water partition coefficient (Wildman–Crippen LogP) is 8.78. The van der Waals surface area contributed by atoms with Gasteiger partial charge in [0.15, 0.2) is 9.84 Å². The average molecular weight is 717 g/mol. The van der Waals surface area contributed by atoms with Gasteiger partial charge in [-0.25, -0.2) is 17.8 Å². The molecule has 1 atom stereocenters. The maximum Gasteiger partial charge on any atom is 0.419 e. The number of amides is 1. The number of fused-ring (bicyclic) bond motifs is 1. The lowest BCUT2D eigenvalue weighted by atomic mass is 10.0. The molecule has 0 saturated heterocycles. The van der Waals surface area contributed by atoms with Gasteiger partial charge in [0.05, 0.1) is 46.8 Å². The second-order valence-corrected chi connectivity index (χ2v) is 12.9. The van der Waals surface area contributed by atoms with Gasteiger partial charge in [0.2, 0.25) is 5.91 Å². The Morgan fingerprint density at radius 3 is 2.16 bits per heavy atom. The Morgan fingerprint density at radius 2 is 1.67 bits per heavy atom. The number of nitrogens with zero attached hydrogens (tertiary/aromatic N) is 4. The number of sulfone groups is 1. The van der Waals surface area contributed by atoms with Crippen LogP contribution in [0.15, 0.2) is 67.9 Å². The van der Waals surface area contributed by atoms with Crippen LogP contribution < -0.4 is 0 Å². The number of nitriles is 1. The van der Waals surface area contributed by atoms with E-state index in [2.05, 4.69) is 18.1 Å². The highest BCUT2D eigenvalue weighted by Gasteiger charge is 2.35. The number of allylic oxidation sites excluding steroid dienone is 4. The molecule has 1 aromatic carbocycles. The number of carbonyl (C=O) groups excluding carboxylic acids is 1. The number of alkyl halides is 6. The fraction of sp³-hybridized carbons (Fsp3) is 0.382. The molecule has 0 N–H and O–H groups in total. The van der Waals surface area contributed by atoms with Crippen LogP contribution in [0.2, 0.25) is 0 Å². The van der Waals surface area contributed by atoms with E-state index < -0.39 is 63.3 Å². The Bertz CT molecular complexity index is 1780. The summed E-state index contributed by atoms with van der Waals surface area (Å²) in [7, 11) is -3.60. The van der Waals surface area contributed by atoms with Crippen molar-refractivity contribution >= 4 is 27.0 Å². The van der Waals surface area contributed by atoms with Crippen molar-refractivity contribution in [2.75, 3.05) is 18.1 Å². The number of pyridine rings is 1. The molecule has 2 heterocycles. The molecule has 2 aromatic heterocycles. The Balaban J connectivity index is 0.00000157. The normalized spacial score (nSPS) is 12.5. The van der Waals surface area contributed by atoms with Gasteiger partial charge >= 0.3 is 12.4 Å². The number of aromatic nitrogens is 2. The second-order valence-electron chi connectivity index (χ2n) is 10.5. The third kappa shape index (κ3) is 12.2. The van der Waals surface area contributed by atoms with Crippen LogP contribution in [0, 0.1) is 17.1 Å². The quantitative estimate of drug-likeness (QED) is 0.146. The second kappa shape index (κ2) is 18.4. The van der Waals surface area contributed by atoms with E-state index in [0.717, 1.165) is 23.1 Å². The van der Waals surface area contributed by atoms with Gasteiger partial charge in [-0.3, -0.25) is 9.20 Å². The SMILES string of the molecule is C=CC=C.CC#N.CC/C=C(\C)c1c(C(C)N(CCS(=O)(=O)CC)C(=O)Cc2ccc(F)c(C(F)(F)F)c2)nc2cc(C(F)(F)F)ccn12. The van der Waals surface area contributed by atoms with E-state index in [1.807, 2.05) is 13.0 Å². The lowest BCUT2D eigenvalue weighted by Gasteiger charge is -2.29. The molecular weight excluding hydrogens is 677 g/mol. The number of rotatable bonds is 11. The van der Waals surface area contributed by atoms with Crippen molar-refractivity contribution in [3.8, 4) is 6.07 Å². The molecule has 0 fully saturated rings.